The summed E-state index contributed by atoms with van der Waals surface area (Å²) in [5, 5.41) is 19.0. The molecular weight excluding hydrogens is 432 g/mol. The molecule has 0 aromatic rings. The quantitative estimate of drug-likeness (QED) is 0.520. The van der Waals surface area contributed by atoms with E-state index in [4.69, 9.17) is 43.0 Å². The van der Waals surface area contributed by atoms with Crippen LogP contribution in [0, 0.1) is 0 Å². The van der Waals surface area contributed by atoms with Crippen molar-refractivity contribution < 1.29 is 57.7 Å². The molecule has 0 aromatic heterocycles. The molecule has 8 atom stereocenters. The molecule has 4 aliphatic heterocycles. The van der Waals surface area contributed by atoms with Crippen molar-refractivity contribution in [1.82, 2.24) is 0 Å². The van der Waals surface area contributed by atoms with Crippen molar-refractivity contribution in [2.24, 2.45) is 0 Å². The van der Waals surface area contributed by atoms with E-state index < -0.39 is 72.7 Å². The van der Waals surface area contributed by atoms with Gasteiger partial charge in [-0.1, -0.05) is 0 Å². The summed E-state index contributed by atoms with van der Waals surface area (Å²) < 4.78 is 42.7. The smallest absolute Gasteiger partial charge is 0.303 e. The van der Waals surface area contributed by atoms with Gasteiger partial charge in [0.2, 0.25) is 0 Å². The maximum atomic E-state index is 11.0. The summed E-state index contributed by atoms with van der Waals surface area (Å²) in [6.07, 6.45) is -4.81. The maximum absolute atomic E-state index is 11.0. The van der Waals surface area contributed by atoms with Gasteiger partial charge in [-0.05, 0) is 27.7 Å². The lowest BCUT2D eigenvalue weighted by atomic mass is 10.1. The molecule has 0 saturated carbocycles. The van der Waals surface area contributed by atoms with Gasteiger partial charge in [-0.15, -0.1) is 0 Å². The standard InChI is InChI=1S/2C10H16O6/c1-5(11)13-4-6-7(12)8-9(14-6)16-10(2,3)15-8;1-5(12)13-7-6(4-11)14-9-8(7)15-10(2,3)16-9/h6-9,12H,4H2,1-3H3;6-9,11H,4H2,1-3H3/t2*6-,7+,8-,9?/m11/s1. The zero-order chi connectivity index (χ0) is 23.8. The Hall–Kier alpha value is -1.38. The van der Waals surface area contributed by atoms with Crippen LogP contribution in [0.2, 0.25) is 0 Å². The zero-order valence-electron chi connectivity index (χ0n) is 19.0. The Morgan fingerprint density at radius 1 is 0.844 bits per heavy atom. The van der Waals surface area contributed by atoms with E-state index >= 15 is 0 Å². The van der Waals surface area contributed by atoms with E-state index in [1.807, 2.05) is 0 Å². The van der Waals surface area contributed by atoms with Crippen LogP contribution in [0.15, 0.2) is 0 Å². The Morgan fingerprint density at radius 2 is 1.38 bits per heavy atom. The number of fused-ring (bicyclic) bond motifs is 2. The summed E-state index contributed by atoms with van der Waals surface area (Å²) in [7, 11) is 0. The first kappa shape index (κ1) is 25.2. The molecule has 0 aliphatic carbocycles. The van der Waals surface area contributed by atoms with E-state index in [2.05, 4.69) is 0 Å². The highest BCUT2D eigenvalue weighted by atomic mass is 16.9. The van der Waals surface area contributed by atoms with Gasteiger partial charge in [0.15, 0.2) is 36.4 Å². The fourth-order valence-corrected chi connectivity index (χ4v) is 3.92. The summed E-state index contributed by atoms with van der Waals surface area (Å²) in [5.41, 5.74) is 0. The number of esters is 2. The van der Waals surface area contributed by atoms with Crippen molar-refractivity contribution in [1.29, 1.82) is 0 Å². The molecule has 2 unspecified atom stereocenters. The number of aliphatic hydroxyl groups excluding tert-OH is 2. The predicted molar refractivity (Wildman–Crippen MR) is 103 cm³/mol. The minimum absolute atomic E-state index is 0.0106. The second kappa shape index (κ2) is 9.47. The highest BCUT2D eigenvalue weighted by Crippen LogP contribution is 2.39. The first-order chi connectivity index (χ1) is 14.8. The number of hydrogen-bond donors (Lipinski definition) is 2. The molecule has 0 aromatic carbocycles. The van der Waals surface area contributed by atoms with Crippen LogP contribution in [0.3, 0.4) is 0 Å². The van der Waals surface area contributed by atoms with Gasteiger partial charge in [0, 0.05) is 13.8 Å². The van der Waals surface area contributed by atoms with E-state index in [-0.39, 0.29) is 13.2 Å². The third-order valence-corrected chi connectivity index (χ3v) is 5.13. The molecule has 0 spiro atoms. The number of aliphatic hydroxyl groups is 2. The number of hydrogen-bond acceptors (Lipinski definition) is 12. The van der Waals surface area contributed by atoms with Gasteiger partial charge in [0.05, 0.1) is 6.61 Å². The molecule has 4 aliphatic rings. The summed E-state index contributed by atoms with van der Waals surface area (Å²) in [6, 6.07) is 0. The Labute approximate surface area is 185 Å². The van der Waals surface area contributed by atoms with Crippen molar-refractivity contribution in [3.63, 3.8) is 0 Å². The zero-order valence-corrected chi connectivity index (χ0v) is 19.0. The van der Waals surface area contributed by atoms with E-state index in [1.165, 1.54) is 13.8 Å². The normalized spacial score (nSPS) is 40.8. The van der Waals surface area contributed by atoms with Gasteiger partial charge in [-0.25, -0.2) is 0 Å². The largest absolute Gasteiger partial charge is 0.463 e. The lowest BCUT2D eigenvalue weighted by Crippen LogP contribution is -2.39. The van der Waals surface area contributed by atoms with Crippen LogP contribution < -0.4 is 0 Å². The lowest BCUT2D eigenvalue weighted by Gasteiger charge is -2.24. The molecular formula is C20H32O12. The van der Waals surface area contributed by atoms with Crippen molar-refractivity contribution >= 4 is 11.9 Å². The van der Waals surface area contributed by atoms with Gasteiger partial charge in [-0.3, -0.25) is 9.59 Å². The van der Waals surface area contributed by atoms with Crippen LogP contribution in [0.25, 0.3) is 0 Å². The van der Waals surface area contributed by atoms with Crippen LogP contribution in [0.4, 0.5) is 0 Å². The van der Waals surface area contributed by atoms with Gasteiger partial charge < -0.3 is 48.1 Å². The first-order valence-electron chi connectivity index (χ1n) is 10.4. The molecule has 184 valence electrons. The number of ether oxygens (including phenoxy) is 8. The summed E-state index contributed by atoms with van der Waals surface area (Å²) in [5.74, 6) is -2.34. The molecule has 12 nitrogen and oxygen atoms in total. The van der Waals surface area contributed by atoms with Crippen LogP contribution in [-0.2, 0) is 47.5 Å². The second-order valence-electron chi connectivity index (χ2n) is 8.84. The third kappa shape index (κ3) is 5.75. The first-order valence-corrected chi connectivity index (χ1v) is 10.4. The van der Waals surface area contributed by atoms with E-state index in [1.54, 1.807) is 27.7 Å². The Bertz CT molecular complexity index is 694. The van der Waals surface area contributed by atoms with E-state index in [0.29, 0.717) is 0 Å². The minimum Gasteiger partial charge on any atom is -0.463 e. The SMILES string of the molecule is CC(=O)OC[C@H]1OC2OC(C)(C)O[C@@H]2[C@H]1O.CC(=O)O[C@H]1[C@@H](CO)OC2OC(C)(C)O[C@@H]21. The highest BCUT2D eigenvalue weighted by molar-refractivity contribution is 5.66. The van der Waals surface area contributed by atoms with Crippen LogP contribution in [-0.4, -0.2) is 96.1 Å². The number of rotatable bonds is 4. The van der Waals surface area contributed by atoms with Crippen molar-refractivity contribution in [2.45, 2.75) is 102 Å². The Kier molecular flexibility index (Phi) is 7.47. The molecule has 2 N–H and O–H groups in total. The monoisotopic (exact) mass is 464 g/mol. The van der Waals surface area contributed by atoms with Gasteiger partial charge >= 0.3 is 11.9 Å². The Morgan fingerprint density at radius 3 is 1.88 bits per heavy atom. The fraction of sp³-hybridized carbons (Fsp3) is 0.900. The van der Waals surface area contributed by atoms with Crippen LogP contribution in [0.5, 0.6) is 0 Å². The fourth-order valence-electron chi connectivity index (χ4n) is 3.92. The number of carbonyl (C=O) groups excluding carboxylic acids is 2. The summed E-state index contributed by atoms with van der Waals surface area (Å²) >= 11 is 0. The molecule has 0 radical (unpaired) electrons. The average Bonchev–Trinajstić information content (AvgIpc) is 3.32. The lowest BCUT2D eigenvalue weighted by molar-refractivity contribution is -0.221. The average molecular weight is 464 g/mol. The van der Waals surface area contributed by atoms with Crippen LogP contribution >= 0.6 is 0 Å². The number of carbonyl (C=O) groups is 2. The van der Waals surface area contributed by atoms with E-state index in [0.717, 1.165) is 0 Å². The summed E-state index contributed by atoms with van der Waals surface area (Å²) in [4.78, 5) is 21.6. The topological polar surface area (TPSA) is 148 Å². The van der Waals surface area contributed by atoms with Gasteiger partial charge in [0.25, 0.3) is 0 Å². The van der Waals surface area contributed by atoms with Gasteiger partial charge in [-0.2, -0.15) is 0 Å². The molecule has 12 heteroatoms. The molecule has 32 heavy (non-hydrogen) atoms. The van der Waals surface area contributed by atoms with Crippen molar-refractivity contribution in [3.8, 4) is 0 Å². The molecule has 0 bridgehead atoms. The molecule has 4 fully saturated rings. The third-order valence-electron chi connectivity index (χ3n) is 5.13. The predicted octanol–water partition coefficient (Wildman–Crippen LogP) is -0.426. The Balaban J connectivity index is 0.000000181. The molecule has 4 heterocycles. The molecule has 4 saturated heterocycles. The van der Waals surface area contributed by atoms with Crippen LogP contribution in [0.1, 0.15) is 41.5 Å². The highest BCUT2D eigenvalue weighted by Gasteiger charge is 2.56. The molecule has 4 rings (SSSR count). The maximum Gasteiger partial charge on any atom is 0.303 e. The molecule has 0 amide bonds. The van der Waals surface area contributed by atoms with Crippen molar-refractivity contribution in [2.75, 3.05) is 13.2 Å². The summed E-state index contributed by atoms with van der Waals surface area (Å²) in [6.45, 7) is 9.40. The second-order valence-corrected chi connectivity index (χ2v) is 8.84. The van der Waals surface area contributed by atoms with Gasteiger partial charge in [0.1, 0.15) is 31.0 Å². The minimum atomic E-state index is -0.842. The van der Waals surface area contributed by atoms with Crippen molar-refractivity contribution in [3.05, 3.63) is 0 Å². The van der Waals surface area contributed by atoms with E-state index in [9.17, 15) is 14.7 Å².